The number of rotatable bonds is 23. The monoisotopic (exact) mass is 491 g/mol. The molecule has 4 heteroatoms. The average molecular weight is 492 g/mol. The molecule has 0 saturated carbocycles. The molecule has 1 fully saturated rings. The van der Waals surface area contributed by atoms with E-state index in [1.807, 2.05) is 0 Å². The lowest BCUT2D eigenvalue weighted by Gasteiger charge is -2.22. The summed E-state index contributed by atoms with van der Waals surface area (Å²) in [6, 6.07) is 0. The molecule has 1 aliphatic rings. The number of Topliss-reactive ketones (excluding diaryl/α,β-unsaturated/α-hetero) is 1. The third-order valence-corrected chi connectivity index (χ3v) is 8.01. The van der Waals surface area contributed by atoms with E-state index in [0.29, 0.717) is 31.1 Å². The van der Waals surface area contributed by atoms with Gasteiger partial charge in [-0.2, -0.15) is 0 Å². The molecule has 0 aromatic carbocycles. The van der Waals surface area contributed by atoms with Crippen LogP contribution in [0.15, 0.2) is 0 Å². The number of imide groups is 1. The lowest BCUT2D eigenvalue weighted by molar-refractivity contribution is -0.140. The Morgan fingerprint density at radius 1 is 0.714 bits per heavy atom. The van der Waals surface area contributed by atoms with Gasteiger partial charge in [0.1, 0.15) is 5.78 Å². The first kappa shape index (κ1) is 31.8. The van der Waals surface area contributed by atoms with E-state index in [2.05, 4.69) is 27.7 Å². The quantitative estimate of drug-likeness (QED) is 0.106. The second-order valence-electron chi connectivity index (χ2n) is 11.1. The second-order valence-corrected chi connectivity index (χ2v) is 11.1. The molecular weight excluding hydrogens is 434 g/mol. The fraction of sp³-hybridized carbons (Fsp3) is 0.903. The molecule has 204 valence electrons. The standard InChI is InChI=1S/C31H57NO3/c1-5-9-12-13-16-21-26(20-11-7-3)28-25-30(34)32(31(28)35)24-18-14-17-23-29(33)27(19-8-4)22-15-10-6-2/h26-28H,5-25H2,1-4H3. The fourth-order valence-corrected chi connectivity index (χ4v) is 5.74. The highest BCUT2D eigenvalue weighted by molar-refractivity contribution is 6.03. The molecule has 3 unspecified atom stereocenters. The van der Waals surface area contributed by atoms with Gasteiger partial charge < -0.3 is 0 Å². The van der Waals surface area contributed by atoms with Gasteiger partial charge in [0, 0.05) is 25.3 Å². The largest absolute Gasteiger partial charge is 0.299 e. The summed E-state index contributed by atoms with van der Waals surface area (Å²) in [4.78, 5) is 40.1. The van der Waals surface area contributed by atoms with E-state index in [4.69, 9.17) is 0 Å². The van der Waals surface area contributed by atoms with Crippen LogP contribution in [0.4, 0.5) is 0 Å². The maximum atomic E-state index is 13.2. The maximum Gasteiger partial charge on any atom is 0.233 e. The molecular formula is C31H57NO3. The Hall–Kier alpha value is -1.19. The van der Waals surface area contributed by atoms with Crippen LogP contribution in [0.3, 0.4) is 0 Å². The van der Waals surface area contributed by atoms with Gasteiger partial charge >= 0.3 is 0 Å². The minimum absolute atomic E-state index is 0.0301. The minimum atomic E-state index is -0.0975. The molecule has 0 N–H and O–H groups in total. The first-order chi connectivity index (χ1) is 17.0. The summed E-state index contributed by atoms with van der Waals surface area (Å²) in [7, 11) is 0. The Morgan fingerprint density at radius 2 is 1.31 bits per heavy atom. The number of carbonyl (C=O) groups is 3. The summed E-state index contributed by atoms with van der Waals surface area (Å²) in [5, 5.41) is 0. The van der Waals surface area contributed by atoms with Gasteiger partial charge in [-0.05, 0) is 44.4 Å². The van der Waals surface area contributed by atoms with Gasteiger partial charge in [-0.15, -0.1) is 0 Å². The van der Waals surface area contributed by atoms with Crippen molar-refractivity contribution < 1.29 is 14.4 Å². The van der Waals surface area contributed by atoms with Crippen LogP contribution >= 0.6 is 0 Å². The maximum absolute atomic E-state index is 13.2. The van der Waals surface area contributed by atoms with E-state index in [9.17, 15) is 14.4 Å². The van der Waals surface area contributed by atoms with E-state index in [1.54, 1.807) is 4.90 Å². The summed E-state index contributed by atoms with van der Waals surface area (Å²) >= 11 is 0. The molecule has 1 saturated heterocycles. The van der Waals surface area contributed by atoms with Crippen molar-refractivity contribution in [2.75, 3.05) is 6.54 Å². The van der Waals surface area contributed by atoms with Crippen LogP contribution in [0.5, 0.6) is 0 Å². The first-order valence-corrected chi connectivity index (χ1v) is 15.4. The molecule has 1 heterocycles. The van der Waals surface area contributed by atoms with Crippen molar-refractivity contribution in [3.63, 3.8) is 0 Å². The third kappa shape index (κ3) is 12.6. The number of amides is 2. The number of ketones is 1. The summed E-state index contributed by atoms with van der Waals surface area (Å²) < 4.78 is 0. The van der Waals surface area contributed by atoms with E-state index in [1.165, 1.54) is 44.9 Å². The van der Waals surface area contributed by atoms with Gasteiger partial charge in [0.2, 0.25) is 11.8 Å². The van der Waals surface area contributed by atoms with Crippen molar-refractivity contribution >= 4 is 17.6 Å². The van der Waals surface area contributed by atoms with Crippen LogP contribution in [0.25, 0.3) is 0 Å². The molecule has 4 nitrogen and oxygen atoms in total. The van der Waals surface area contributed by atoms with Gasteiger partial charge in [-0.3, -0.25) is 19.3 Å². The summed E-state index contributed by atoms with van der Waals surface area (Å²) in [6.07, 6.45) is 21.0. The number of hydrogen-bond donors (Lipinski definition) is 0. The van der Waals surface area contributed by atoms with E-state index < -0.39 is 0 Å². The molecule has 35 heavy (non-hydrogen) atoms. The van der Waals surface area contributed by atoms with Gasteiger partial charge in [0.05, 0.1) is 5.92 Å². The second kappa shape index (κ2) is 19.9. The zero-order valence-electron chi connectivity index (χ0n) is 23.8. The summed E-state index contributed by atoms with van der Waals surface area (Å²) in [5.41, 5.74) is 0. The fourth-order valence-electron chi connectivity index (χ4n) is 5.74. The summed E-state index contributed by atoms with van der Waals surface area (Å²) in [6.45, 7) is 9.34. The number of likely N-dealkylation sites (tertiary alicyclic amines) is 1. The van der Waals surface area contributed by atoms with Crippen molar-refractivity contribution in [1.29, 1.82) is 0 Å². The summed E-state index contributed by atoms with van der Waals surface area (Å²) in [5.74, 6) is 1.03. The van der Waals surface area contributed by atoms with E-state index >= 15 is 0 Å². The van der Waals surface area contributed by atoms with Crippen molar-refractivity contribution in [3.05, 3.63) is 0 Å². The molecule has 1 aliphatic heterocycles. The number of unbranched alkanes of at least 4 members (excludes halogenated alkanes) is 9. The zero-order valence-corrected chi connectivity index (χ0v) is 23.8. The lowest BCUT2D eigenvalue weighted by atomic mass is 9.82. The number of nitrogens with zero attached hydrogens (tertiary/aromatic N) is 1. The van der Waals surface area contributed by atoms with Crippen molar-refractivity contribution in [1.82, 2.24) is 4.90 Å². The topological polar surface area (TPSA) is 54.5 Å². The van der Waals surface area contributed by atoms with E-state index in [0.717, 1.165) is 70.6 Å². The zero-order chi connectivity index (χ0) is 25.9. The van der Waals surface area contributed by atoms with Crippen molar-refractivity contribution in [2.45, 2.75) is 156 Å². The van der Waals surface area contributed by atoms with Crippen LogP contribution in [-0.4, -0.2) is 29.0 Å². The van der Waals surface area contributed by atoms with Crippen molar-refractivity contribution in [2.24, 2.45) is 17.8 Å². The Morgan fingerprint density at radius 3 is 2.00 bits per heavy atom. The first-order valence-electron chi connectivity index (χ1n) is 15.4. The van der Waals surface area contributed by atoms with Gasteiger partial charge in [-0.1, -0.05) is 105 Å². The molecule has 0 aromatic rings. The predicted molar refractivity (Wildman–Crippen MR) is 147 cm³/mol. The Balaban J connectivity index is 2.44. The SMILES string of the molecule is CCCCCCCC(CCCC)C1CC(=O)N(CCCCCC(=O)C(CCC)CCCCC)C1=O. The van der Waals surface area contributed by atoms with E-state index in [-0.39, 0.29) is 23.7 Å². The smallest absolute Gasteiger partial charge is 0.233 e. The molecule has 0 radical (unpaired) electrons. The van der Waals surface area contributed by atoms with Gasteiger partial charge in [-0.25, -0.2) is 0 Å². The third-order valence-electron chi connectivity index (χ3n) is 8.01. The Kier molecular flexibility index (Phi) is 18.1. The highest BCUT2D eigenvalue weighted by Crippen LogP contribution is 2.34. The Labute approximate surface area is 217 Å². The Bertz CT molecular complexity index is 588. The molecule has 3 atom stereocenters. The van der Waals surface area contributed by atoms with Gasteiger partial charge in [0.25, 0.3) is 0 Å². The van der Waals surface area contributed by atoms with Crippen LogP contribution in [-0.2, 0) is 14.4 Å². The number of carbonyl (C=O) groups excluding carboxylic acids is 3. The number of hydrogen-bond acceptors (Lipinski definition) is 3. The van der Waals surface area contributed by atoms with Crippen molar-refractivity contribution in [3.8, 4) is 0 Å². The van der Waals surface area contributed by atoms with Gasteiger partial charge in [0.15, 0.2) is 0 Å². The van der Waals surface area contributed by atoms with Crippen LogP contribution in [0, 0.1) is 17.8 Å². The molecule has 0 aliphatic carbocycles. The van der Waals surface area contributed by atoms with Crippen LogP contribution < -0.4 is 0 Å². The molecule has 0 aromatic heterocycles. The minimum Gasteiger partial charge on any atom is -0.299 e. The highest BCUT2D eigenvalue weighted by atomic mass is 16.2. The molecule has 0 bridgehead atoms. The lowest BCUT2D eigenvalue weighted by Crippen LogP contribution is -2.33. The molecule has 2 amide bonds. The molecule has 0 spiro atoms. The normalized spacial score (nSPS) is 17.8. The molecule has 1 rings (SSSR count). The predicted octanol–water partition coefficient (Wildman–Crippen LogP) is 8.65. The van der Waals surface area contributed by atoms with Crippen LogP contribution in [0.2, 0.25) is 0 Å². The van der Waals surface area contributed by atoms with Crippen LogP contribution in [0.1, 0.15) is 156 Å². The average Bonchev–Trinajstić information content (AvgIpc) is 3.13. The highest BCUT2D eigenvalue weighted by Gasteiger charge is 2.41.